The molecule has 1 saturated heterocycles. The maximum Gasteiger partial charge on any atom is 0.326 e. The lowest BCUT2D eigenvalue weighted by atomic mass is 10.2. The van der Waals surface area contributed by atoms with Crippen LogP contribution in [-0.2, 0) is 9.59 Å². The molecule has 0 aromatic carbocycles. The van der Waals surface area contributed by atoms with Crippen molar-refractivity contribution in [2.24, 2.45) is 0 Å². The Morgan fingerprint density at radius 1 is 1.40 bits per heavy atom. The standard InChI is InChI=1S/C12H14N2O5S/c1-6(15)13-10-3-2-9(20-10)11(17)14-5-7(16)4-8(14)12(18)19/h2-3,7-8,16H,4-5H2,1H3,(H,13,15)(H,18,19)/t7-,8-/m1/s1. The Hall–Kier alpha value is -1.93. The van der Waals surface area contributed by atoms with Gasteiger partial charge in [0, 0.05) is 19.9 Å². The first-order valence-electron chi connectivity index (χ1n) is 5.97. The van der Waals surface area contributed by atoms with Crippen molar-refractivity contribution in [1.29, 1.82) is 0 Å². The second-order valence-corrected chi connectivity index (χ2v) is 5.63. The van der Waals surface area contributed by atoms with Gasteiger partial charge < -0.3 is 20.4 Å². The van der Waals surface area contributed by atoms with Crippen LogP contribution < -0.4 is 5.32 Å². The maximum atomic E-state index is 12.3. The number of carboxylic acids is 1. The molecule has 2 atom stereocenters. The zero-order valence-corrected chi connectivity index (χ0v) is 11.5. The third kappa shape index (κ3) is 2.97. The van der Waals surface area contributed by atoms with Gasteiger partial charge in [-0.25, -0.2) is 4.79 Å². The molecule has 0 bridgehead atoms. The van der Waals surface area contributed by atoms with Crippen molar-refractivity contribution in [3.8, 4) is 0 Å². The largest absolute Gasteiger partial charge is 0.480 e. The van der Waals surface area contributed by atoms with E-state index >= 15 is 0 Å². The quantitative estimate of drug-likeness (QED) is 0.747. The van der Waals surface area contributed by atoms with Gasteiger partial charge in [-0.2, -0.15) is 0 Å². The molecule has 8 heteroatoms. The number of β-amino-alcohol motifs (C(OH)–C–C–N with tert-alkyl or cyclic N) is 1. The molecule has 1 aromatic rings. The highest BCUT2D eigenvalue weighted by Gasteiger charge is 2.39. The van der Waals surface area contributed by atoms with Crippen LogP contribution in [0.3, 0.4) is 0 Å². The number of hydrogen-bond acceptors (Lipinski definition) is 5. The van der Waals surface area contributed by atoms with Crippen LogP contribution in [0.4, 0.5) is 5.00 Å². The highest BCUT2D eigenvalue weighted by Crippen LogP contribution is 2.27. The first-order chi connectivity index (χ1) is 9.38. The van der Waals surface area contributed by atoms with Gasteiger partial charge in [-0.05, 0) is 12.1 Å². The van der Waals surface area contributed by atoms with Crippen LogP contribution in [0, 0.1) is 0 Å². The Kier molecular flexibility index (Phi) is 4.05. The topological polar surface area (TPSA) is 107 Å². The van der Waals surface area contributed by atoms with Gasteiger partial charge in [0.2, 0.25) is 5.91 Å². The van der Waals surface area contributed by atoms with E-state index < -0.39 is 24.0 Å². The summed E-state index contributed by atoms with van der Waals surface area (Å²) in [6, 6.07) is 2.10. The second-order valence-electron chi connectivity index (χ2n) is 4.55. The zero-order chi connectivity index (χ0) is 14.9. The van der Waals surface area contributed by atoms with Crippen molar-refractivity contribution in [3.05, 3.63) is 17.0 Å². The van der Waals surface area contributed by atoms with Gasteiger partial charge in [0.15, 0.2) is 0 Å². The summed E-state index contributed by atoms with van der Waals surface area (Å²) in [6.07, 6.45) is -0.791. The van der Waals surface area contributed by atoms with E-state index in [0.29, 0.717) is 9.88 Å². The number of amides is 2. The van der Waals surface area contributed by atoms with Crippen molar-refractivity contribution in [1.82, 2.24) is 4.90 Å². The fourth-order valence-corrected chi connectivity index (χ4v) is 3.02. The third-order valence-corrected chi connectivity index (χ3v) is 3.93. The average Bonchev–Trinajstić information content (AvgIpc) is 2.94. The number of nitrogens with zero attached hydrogens (tertiary/aromatic N) is 1. The van der Waals surface area contributed by atoms with Gasteiger partial charge in [0.05, 0.1) is 16.0 Å². The minimum atomic E-state index is -1.13. The van der Waals surface area contributed by atoms with E-state index in [4.69, 9.17) is 5.11 Å². The molecule has 3 N–H and O–H groups in total. The summed E-state index contributed by atoms with van der Waals surface area (Å²) >= 11 is 1.07. The van der Waals surface area contributed by atoms with Gasteiger partial charge in [0.1, 0.15) is 6.04 Å². The minimum Gasteiger partial charge on any atom is -0.480 e. The fourth-order valence-electron chi connectivity index (χ4n) is 2.11. The number of hydrogen-bond donors (Lipinski definition) is 3. The van der Waals surface area contributed by atoms with Crippen LogP contribution >= 0.6 is 11.3 Å². The summed E-state index contributed by atoms with van der Waals surface area (Å²) in [6.45, 7) is 1.36. The van der Waals surface area contributed by atoms with E-state index in [1.165, 1.54) is 13.0 Å². The Morgan fingerprint density at radius 3 is 2.70 bits per heavy atom. The predicted octanol–water partition coefficient (Wildman–Crippen LogP) is 0.366. The van der Waals surface area contributed by atoms with Crippen molar-refractivity contribution in [2.45, 2.75) is 25.5 Å². The summed E-state index contributed by atoms with van der Waals surface area (Å²) < 4.78 is 0. The molecule has 7 nitrogen and oxygen atoms in total. The smallest absolute Gasteiger partial charge is 0.326 e. The minimum absolute atomic E-state index is 0.00315. The van der Waals surface area contributed by atoms with Gasteiger partial charge >= 0.3 is 5.97 Å². The summed E-state index contributed by atoms with van der Waals surface area (Å²) in [4.78, 5) is 35.7. The van der Waals surface area contributed by atoms with Crippen molar-refractivity contribution >= 4 is 34.1 Å². The van der Waals surface area contributed by atoms with Crippen LogP contribution in [-0.4, -0.2) is 51.6 Å². The maximum absolute atomic E-state index is 12.3. The Morgan fingerprint density at radius 2 is 2.10 bits per heavy atom. The summed E-state index contributed by atoms with van der Waals surface area (Å²) in [7, 11) is 0. The summed E-state index contributed by atoms with van der Waals surface area (Å²) in [5.74, 6) is -1.82. The molecule has 1 aliphatic rings. The molecule has 0 spiro atoms. The van der Waals surface area contributed by atoms with Gasteiger partial charge in [-0.3, -0.25) is 9.59 Å². The molecule has 2 rings (SSSR count). The number of aliphatic hydroxyl groups is 1. The number of rotatable bonds is 3. The normalized spacial score (nSPS) is 21.8. The monoisotopic (exact) mass is 298 g/mol. The van der Waals surface area contributed by atoms with E-state index in [0.717, 1.165) is 16.2 Å². The fraction of sp³-hybridized carbons (Fsp3) is 0.417. The van der Waals surface area contributed by atoms with Crippen LogP contribution in [0.1, 0.15) is 23.0 Å². The van der Waals surface area contributed by atoms with Gasteiger partial charge in [-0.15, -0.1) is 11.3 Å². The molecule has 0 saturated carbocycles. The number of thiophene rings is 1. The lowest BCUT2D eigenvalue weighted by molar-refractivity contribution is -0.141. The summed E-state index contributed by atoms with van der Waals surface area (Å²) in [5, 5.41) is 21.7. The van der Waals surface area contributed by atoms with Crippen molar-refractivity contribution in [3.63, 3.8) is 0 Å². The number of carbonyl (C=O) groups excluding carboxylic acids is 2. The van der Waals surface area contributed by atoms with Crippen molar-refractivity contribution in [2.75, 3.05) is 11.9 Å². The molecule has 108 valence electrons. The van der Waals surface area contributed by atoms with E-state index in [9.17, 15) is 19.5 Å². The average molecular weight is 298 g/mol. The second kappa shape index (κ2) is 5.59. The zero-order valence-electron chi connectivity index (χ0n) is 10.7. The molecular formula is C12H14N2O5S. The highest BCUT2D eigenvalue weighted by atomic mass is 32.1. The molecule has 1 aromatic heterocycles. The first-order valence-corrected chi connectivity index (χ1v) is 6.79. The molecular weight excluding hydrogens is 284 g/mol. The number of likely N-dealkylation sites (tertiary alicyclic amines) is 1. The molecule has 2 amide bonds. The molecule has 0 unspecified atom stereocenters. The van der Waals surface area contributed by atoms with Crippen LogP contribution in [0.2, 0.25) is 0 Å². The number of aliphatic carboxylic acids is 1. The van der Waals surface area contributed by atoms with Gasteiger partial charge in [0.25, 0.3) is 5.91 Å². The third-order valence-electron chi connectivity index (χ3n) is 2.94. The molecule has 0 aliphatic carbocycles. The lowest BCUT2D eigenvalue weighted by Crippen LogP contribution is -2.40. The predicted molar refractivity (Wildman–Crippen MR) is 71.7 cm³/mol. The van der Waals surface area contributed by atoms with Crippen LogP contribution in [0.25, 0.3) is 0 Å². The first kappa shape index (κ1) is 14.5. The Bertz CT molecular complexity index is 556. The van der Waals surface area contributed by atoms with E-state index in [-0.39, 0.29) is 18.9 Å². The molecule has 1 aliphatic heterocycles. The number of aliphatic hydroxyl groups excluding tert-OH is 1. The van der Waals surface area contributed by atoms with E-state index in [2.05, 4.69) is 5.32 Å². The van der Waals surface area contributed by atoms with E-state index in [1.54, 1.807) is 6.07 Å². The molecule has 0 radical (unpaired) electrons. The van der Waals surface area contributed by atoms with Crippen LogP contribution in [0.5, 0.6) is 0 Å². The number of carboxylic acid groups (broad SMARTS) is 1. The summed E-state index contributed by atoms with van der Waals surface area (Å²) in [5.41, 5.74) is 0. The Labute approximate surface area is 118 Å². The molecule has 2 heterocycles. The van der Waals surface area contributed by atoms with Crippen LogP contribution in [0.15, 0.2) is 12.1 Å². The van der Waals surface area contributed by atoms with Gasteiger partial charge in [-0.1, -0.05) is 0 Å². The lowest BCUT2D eigenvalue weighted by Gasteiger charge is -2.20. The van der Waals surface area contributed by atoms with E-state index in [1.807, 2.05) is 0 Å². The number of nitrogens with one attached hydrogen (secondary N) is 1. The molecule has 1 fully saturated rings. The highest BCUT2D eigenvalue weighted by molar-refractivity contribution is 7.18. The molecule has 20 heavy (non-hydrogen) atoms. The number of carbonyl (C=O) groups is 3. The number of anilines is 1. The SMILES string of the molecule is CC(=O)Nc1ccc(C(=O)N2C[C@H](O)C[C@@H]2C(=O)O)s1. The van der Waals surface area contributed by atoms with Crippen molar-refractivity contribution < 1.29 is 24.6 Å². The Balaban J connectivity index is 2.16.